The van der Waals surface area contributed by atoms with E-state index >= 15 is 0 Å². The number of nitrogens with one attached hydrogen (secondary N) is 1. The largest absolute Gasteiger partial charge is 0.349 e. The number of nitrogens with zero attached hydrogens (tertiary/aromatic N) is 1. The van der Waals surface area contributed by atoms with Crippen LogP contribution in [-0.2, 0) is 0 Å². The molecule has 1 aromatic carbocycles. The third-order valence-electron chi connectivity index (χ3n) is 3.47. The van der Waals surface area contributed by atoms with Crippen molar-refractivity contribution < 1.29 is 4.79 Å². The smallest absolute Gasteiger partial charge is 0.269 e. The number of carbonyl (C=O) groups excluding carboxylic acids is 1. The van der Waals surface area contributed by atoms with Gasteiger partial charge in [0.1, 0.15) is 5.69 Å². The second kappa shape index (κ2) is 10.5. The quantitative estimate of drug-likeness (QED) is 0.806. The summed E-state index contributed by atoms with van der Waals surface area (Å²) in [7, 11) is 0. The Balaban J connectivity index is 0.00000264. The molecule has 0 aliphatic rings. The van der Waals surface area contributed by atoms with Gasteiger partial charge in [-0.15, -0.1) is 24.8 Å². The molecule has 0 fully saturated rings. The zero-order chi connectivity index (χ0) is 16.1. The fourth-order valence-electron chi connectivity index (χ4n) is 2.05. The molecule has 1 atom stereocenters. The third-order valence-corrected chi connectivity index (χ3v) is 3.70. The van der Waals surface area contributed by atoms with Crippen LogP contribution in [-0.4, -0.2) is 17.4 Å². The number of benzene rings is 1. The van der Waals surface area contributed by atoms with Gasteiger partial charge in [-0.25, -0.2) is 4.98 Å². The van der Waals surface area contributed by atoms with Crippen molar-refractivity contribution >= 4 is 42.3 Å². The van der Waals surface area contributed by atoms with Crippen LogP contribution < -0.4 is 11.1 Å². The van der Waals surface area contributed by atoms with Crippen LogP contribution in [0.15, 0.2) is 42.6 Å². The summed E-state index contributed by atoms with van der Waals surface area (Å²) in [4.78, 5) is 15.9. The van der Waals surface area contributed by atoms with Crippen LogP contribution >= 0.6 is 36.4 Å². The molecule has 2 aromatic rings. The number of carbonyl (C=O) groups is 1. The predicted octanol–water partition coefficient (Wildman–Crippen LogP) is 4.13. The Bertz CT molecular complexity index is 631. The molecule has 0 spiro atoms. The van der Waals surface area contributed by atoms with Crippen LogP contribution in [0.25, 0.3) is 0 Å². The third kappa shape index (κ3) is 6.29. The summed E-state index contributed by atoms with van der Waals surface area (Å²) in [6, 6.07) is 11.1. The molecule has 24 heavy (non-hydrogen) atoms. The van der Waals surface area contributed by atoms with Gasteiger partial charge in [-0.1, -0.05) is 49.7 Å². The SMILES string of the molecule is CC(C)c1ccc(C(N)CNC(=O)c2ccc(Cl)cn2)cc1.Cl.Cl. The second-order valence-electron chi connectivity index (χ2n) is 5.50. The molecule has 132 valence electrons. The van der Waals surface area contributed by atoms with Gasteiger partial charge in [-0.3, -0.25) is 4.79 Å². The van der Waals surface area contributed by atoms with Crippen molar-refractivity contribution in [2.24, 2.45) is 5.73 Å². The Hall–Kier alpha value is -1.33. The molecule has 3 N–H and O–H groups in total. The molecule has 0 aliphatic carbocycles. The summed E-state index contributed by atoms with van der Waals surface area (Å²) in [6.45, 7) is 4.65. The summed E-state index contributed by atoms with van der Waals surface area (Å²) in [5.74, 6) is 0.229. The van der Waals surface area contributed by atoms with E-state index in [0.717, 1.165) is 5.56 Å². The second-order valence-corrected chi connectivity index (χ2v) is 5.94. The van der Waals surface area contributed by atoms with Crippen LogP contribution in [0.1, 0.15) is 47.4 Å². The van der Waals surface area contributed by atoms with Crippen molar-refractivity contribution in [1.82, 2.24) is 10.3 Å². The zero-order valence-corrected chi connectivity index (χ0v) is 15.9. The van der Waals surface area contributed by atoms with E-state index < -0.39 is 0 Å². The average Bonchev–Trinajstić information content (AvgIpc) is 2.53. The Morgan fingerprint density at radius 2 is 1.71 bits per heavy atom. The van der Waals surface area contributed by atoms with Gasteiger partial charge in [0.25, 0.3) is 5.91 Å². The van der Waals surface area contributed by atoms with E-state index in [2.05, 4.69) is 36.3 Å². The molecule has 2 rings (SSSR count). The minimum Gasteiger partial charge on any atom is -0.349 e. The van der Waals surface area contributed by atoms with Gasteiger partial charge in [-0.2, -0.15) is 0 Å². The maximum atomic E-state index is 12.0. The van der Waals surface area contributed by atoms with E-state index in [0.29, 0.717) is 23.2 Å². The Morgan fingerprint density at radius 1 is 1.12 bits per heavy atom. The van der Waals surface area contributed by atoms with Gasteiger partial charge in [0.15, 0.2) is 0 Å². The van der Waals surface area contributed by atoms with Gasteiger partial charge in [0.05, 0.1) is 5.02 Å². The van der Waals surface area contributed by atoms with Gasteiger partial charge < -0.3 is 11.1 Å². The van der Waals surface area contributed by atoms with Crippen molar-refractivity contribution in [3.05, 3.63) is 64.4 Å². The normalized spacial score (nSPS) is 11.2. The number of amides is 1. The number of hydrogen-bond donors (Lipinski definition) is 2. The minimum absolute atomic E-state index is 0. The highest BCUT2D eigenvalue weighted by molar-refractivity contribution is 6.30. The first kappa shape index (κ1) is 22.7. The van der Waals surface area contributed by atoms with E-state index in [-0.39, 0.29) is 36.8 Å². The molecule has 1 amide bonds. The molecule has 1 heterocycles. The van der Waals surface area contributed by atoms with Crippen molar-refractivity contribution in [1.29, 1.82) is 0 Å². The summed E-state index contributed by atoms with van der Waals surface area (Å²) in [6.07, 6.45) is 1.45. The van der Waals surface area contributed by atoms with Crippen LogP contribution in [0.5, 0.6) is 0 Å². The van der Waals surface area contributed by atoms with E-state index in [1.54, 1.807) is 12.1 Å². The highest BCUT2D eigenvalue weighted by Gasteiger charge is 2.11. The van der Waals surface area contributed by atoms with Crippen LogP contribution in [0.2, 0.25) is 5.02 Å². The lowest BCUT2D eigenvalue weighted by Gasteiger charge is -2.14. The lowest BCUT2D eigenvalue weighted by atomic mass is 9.99. The molecule has 1 aromatic heterocycles. The summed E-state index contributed by atoms with van der Waals surface area (Å²) in [5, 5.41) is 3.28. The predicted molar refractivity (Wildman–Crippen MR) is 104 cm³/mol. The first-order valence-electron chi connectivity index (χ1n) is 7.22. The fraction of sp³-hybridized carbons (Fsp3) is 0.294. The van der Waals surface area contributed by atoms with E-state index in [9.17, 15) is 4.79 Å². The first-order chi connectivity index (χ1) is 10.5. The van der Waals surface area contributed by atoms with Crippen molar-refractivity contribution in [3.8, 4) is 0 Å². The number of pyridine rings is 1. The standard InChI is InChI=1S/C17H20ClN3O.2ClH/c1-11(2)12-3-5-13(6-4-12)15(19)10-21-17(22)16-8-7-14(18)9-20-16;;/h3-9,11,15H,10,19H2,1-2H3,(H,21,22);2*1H. The molecular formula is C17H22Cl3N3O. The lowest BCUT2D eigenvalue weighted by molar-refractivity contribution is 0.0946. The van der Waals surface area contributed by atoms with Gasteiger partial charge in [0.2, 0.25) is 0 Å². The number of hydrogen-bond acceptors (Lipinski definition) is 3. The maximum Gasteiger partial charge on any atom is 0.269 e. The summed E-state index contributed by atoms with van der Waals surface area (Å²) < 4.78 is 0. The molecule has 0 aliphatic heterocycles. The number of aromatic nitrogens is 1. The van der Waals surface area contributed by atoms with E-state index in [1.165, 1.54) is 11.8 Å². The van der Waals surface area contributed by atoms with Gasteiger partial charge in [-0.05, 0) is 29.2 Å². The number of rotatable bonds is 5. The molecule has 4 nitrogen and oxygen atoms in total. The van der Waals surface area contributed by atoms with Crippen LogP contribution in [0.3, 0.4) is 0 Å². The molecule has 7 heteroatoms. The highest BCUT2D eigenvalue weighted by atomic mass is 35.5. The van der Waals surface area contributed by atoms with Crippen molar-refractivity contribution in [2.45, 2.75) is 25.8 Å². The van der Waals surface area contributed by atoms with Crippen molar-refractivity contribution in [3.63, 3.8) is 0 Å². The lowest BCUT2D eigenvalue weighted by Crippen LogP contribution is -2.32. The van der Waals surface area contributed by atoms with Crippen LogP contribution in [0.4, 0.5) is 0 Å². The minimum atomic E-state index is -0.258. The molecule has 1 unspecified atom stereocenters. The fourth-order valence-corrected chi connectivity index (χ4v) is 2.16. The van der Waals surface area contributed by atoms with E-state index in [4.69, 9.17) is 17.3 Å². The highest BCUT2D eigenvalue weighted by Crippen LogP contribution is 2.17. The van der Waals surface area contributed by atoms with Gasteiger partial charge in [0, 0.05) is 18.8 Å². The summed E-state index contributed by atoms with van der Waals surface area (Å²) in [5.41, 5.74) is 8.70. The monoisotopic (exact) mass is 389 g/mol. The number of nitrogens with two attached hydrogens (primary N) is 1. The Labute approximate surface area is 160 Å². The molecule has 0 radical (unpaired) electrons. The Morgan fingerprint density at radius 3 is 2.21 bits per heavy atom. The average molecular weight is 391 g/mol. The molecule has 0 bridgehead atoms. The van der Waals surface area contributed by atoms with Crippen molar-refractivity contribution in [2.75, 3.05) is 6.54 Å². The number of halogens is 3. The Kier molecular flexibility index (Phi) is 9.93. The maximum absolute atomic E-state index is 12.0. The van der Waals surface area contributed by atoms with E-state index in [1.807, 2.05) is 12.1 Å². The first-order valence-corrected chi connectivity index (χ1v) is 7.60. The molecular weight excluding hydrogens is 369 g/mol. The summed E-state index contributed by atoms with van der Waals surface area (Å²) >= 11 is 5.74. The molecule has 0 saturated carbocycles. The van der Waals surface area contributed by atoms with Crippen LogP contribution in [0, 0.1) is 0 Å². The zero-order valence-electron chi connectivity index (χ0n) is 13.5. The topological polar surface area (TPSA) is 68.0 Å². The van der Waals surface area contributed by atoms with Gasteiger partial charge >= 0.3 is 0 Å². The molecule has 0 saturated heterocycles.